The normalized spacial score (nSPS) is 10.3. The number of nitrogens with zero attached hydrogens (tertiary/aromatic N) is 4. The van der Waals surface area contributed by atoms with Crippen LogP contribution in [0.15, 0.2) is 97.6 Å². The van der Waals surface area contributed by atoms with Gasteiger partial charge in [-0.2, -0.15) is 0 Å². The molecule has 10 nitrogen and oxygen atoms in total. The first-order chi connectivity index (χ1) is 17.4. The topological polar surface area (TPSA) is 184 Å². The van der Waals surface area contributed by atoms with Crippen LogP contribution in [-0.2, 0) is 51.7 Å². The molecule has 0 radical (unpaired) electrons. The molecule has 0 aliphatic rings. The summed E-state index contributed by atoms with van der Waals surface area (Å²) < 4.78 is 0. The number of hydrogen-bond acceptors (Lipinski definition) is 10. The van der Waals surface area contributed by atoms with E-state index in [1.165, 1.54) is 0 Å². The van der Waals surface area contributed by atoms with Crippen LogP contribution >= 0.6 is 0 Å². The number of carbonyl (C=O) groups is 2. The van der Waals surface area contributed by atoms with Crippen molar-refractivity contribution < 1.29 is 86.7 Å². The maximum Gasteiger partial charge on any atom is 2.00 e. The second kappa shape index (κ2) is 24.2. The van der Waals surface area contributed by atoms with Gasteiger partial charge in [0, 0.05) is 36.9 Å². The first-order valence-corrected chi connectivity index (χ1v) is 11.0. The van der Waals surface area contributed by atoms with Crippen LogP contribution in [0.4, 0.5) is 0 Å². The fourth-order valence-electron chi connectivity index (χ4n) is 2.65. The van der Waals surface area contributed by atoms with Crippen molar-refractivity contribution in [3.05, 3.63) is 97.6 Å². The molecule has 4 aromatic heterocycles. The smallest absolute Gasteiger partial charge is 1.00 e. The summed E-state index contributed by atoms with van der Waals surface area (Å²) in [5, 5.41) is 20.1. The first kappa shape index (κ1) is 41.9. The molecule has 2 atom stereocenters. The number of nitrogens with two attached hydrogens (primary N) is 2. The van der Waals surface area contributed by atoms with Gasteiger partial charge in [-0.25, -0.2) is 0 Å². The van der Waals surface area contributed by atoms with Gasteiger partial charge in [-0.15, -0.1) is 0 Å². The first-order valence-electron chi connectivity index (χ1n) is 11.0. The van der Waals surface area contributed by atoms with Gasteiger partial charge in [-0.1, -0.05) is 24.3 Å². The van der Waals surface area contributed by atoms with Crippen molar-refractivity contribution in [1.82, 2.24) is 19.9 Å². The van der Waals surface area contributed by atoms with Crippen molar-refractivity contribution >= 4 is 11.9 Å². The van der Waals surface area contributed by atoms with Gasteiger partial charge in [0.2, 0.25) is 0 Å². The minimum absolute atomic E-state index is 0. The standard InChI is InChI=1S/2C10H8N2.C6H12N2O4.2ClH.2Pt/c2*1-3-7-11-9(5-1)10-6-2-4-8-12-10;7-3(5(9)10)1-2-4(8)6(11)12;;;;/h2*1-8H;3-4H,1-2,7-8H2,(H,9,10)(H,11,12);2*1H;;/q;;;;;2*+2/p-4. The molecule has 4 heterocycles. The number of aromatic nitrogens is 4. The Morgan fingerprint density at radius 3 is 0.925 bits per heavy atom. The van der Waals surface area contributed by atoms with E-state index >= 15 is 0 Å². The maximum atomic E-state index is 10.0. The summed E-state index contributed by atoms with van der Waals surface area (Å²) in [6.45, 7) is 0. The Hall–Kier alpha value is -2.58. The summed E-state index contributed by atoms with van der Waals surface area (Å²) in [4.78, 5) is 36.8. The molecule has 218 valence electrons. The predicted molar refractivity (Wildman–Crippen MR) is 130 cm³/mol. The number of aliphatic carboxylic acids is 2. The molecule has 0 aliphatic carbocycles. The summed E-state index contributed by atoms with van der Waals surface area (Å²) in [7, 11) is 0. The molecule has 0 aromatic carbocycles. The molecule has 0 aliphatic heterocycles. The molecule has 4 rings (SSSR count). The molecule has 14 heteroatoms. The van der Waals surface area contributed by atoms with Gasteiger partial charge >= 0.3 is 42.1 Å². The van der Waals surface area contributed by atoms with Crippen molar-refractivity contribution in [2.24, 2.45) is 11.5 Å². The van der Waals surface area contributed by atoms with Crippen LogP contribution in [0, 0.1) is 0 Å². The Morgan fingerprint density at radius 1 is 0.550 bits per heavy atom. The van der Waals surface area contributed by atoms with Crippen molar-refractivity contribution in [3.63, 3.8) is 0 Å². The van der Waals surface area contributed by atoms with Crippen molar-refractivity contribution in [1.29, 1.82) is 0 Å². The molecule has 4 aromatic rings. The zero-order chi connectivity index (χ0) is 26.2. The molecule has 0 amide bonds. The quantitative estimate of drug-likeness (QED) is 0.181. The monoisotopic (exact) mass is 946 g/mol. The third-order valence-electron chi connectivity index (χ3n) is 4.58. The van der Waals surface area contributed by atoms with E-state index < -0.39 is 24.0 Å². The number of carbonyl (C=O) groups excluding carboxylic acids is 2. The molecule has 0 spiro atoms. The molecule has 40 heavy (non-hydrogen) atoms. The van der Waals surface area contributed by atoms with E-state index in [0.717, 1.165) is 22.8 Å². The Kier molecular flexibility index (Phi) is 25.4. The summed E-state index contributed by atoms with van der Waals surface area (Å²) >= 11 is 0. The minimum Gasteiger partial charge on any atom is -1.00 e. The van der Waals surface area contributed by atoms with E-state index in [1.807, 2.05) is 72.8 Å². The molecule has 2 unspecified atom stereocenters. The van der Waals surface area contributed by atoms with Gasteiger partial charge in [0.05, 0.1) is 34.7 Å². The van der Waals surface area contributed by atoms with E-state index in [0.29, 0.717) is 0 Å². The summed E-state index contributed by atoms with van der Waals surface area (Å²) in [5.41, 5.74) is 13.7. The third kappa shape index (κ3) is 16.5. The second-order valence-electron chi connectivity index (χ2n) is 7.29. The van der Waals surface area contributed by atoms with E-state index in [2.05, 4.69) is 19.9 Å². The molecular weight excluding hydrogens is 921 g/mol. The number of carboxylic acids is 2. The fraction of sp³-hybridized carbons (Fsp3) is 0.154. The van der Waals surface area contributed by atoms with Gasteiger partial charge in [0.25, 0.3) is 0 Å². The number of carboxylic acid groups (broad SMARTS) is 2. The summed E-state index contributed by atoms with van der Waals surface area (Å²) in [6, 6.07) is 20.8. The number of hydrogen-bond donors (Lipinski definition) is 2. The van der Waals surface area contributed by atoms with Crippen LogP contribution in [0.5, 0.6) is 0 Å². The van der Waals surface area contributed by atoms with Gasteiger partial charge in [-0.05, 0) is 61.4 Å². The zero-order valence-electron chi connectivity index (χ0n) is 20.8. The molecule has 0 fully saturated rings. The van der Waals surface area contributed by atoms with Crippen LogP contribution in [-0.4, -0.2) is 44.0 Å². The predicted octanol–water partition coefficient (Wildman–Crippen LogP) is -5.79. The second-order valence-corrected chi connectivity index (χ2v) is 7.29. The van der Waals surface area contributed by atoms with E-state index in [-0.39, 0.29) is 79.8 Å². The summed E-state index contributed by atoms with van der Waals surface area (Å²) in [6.07, 6.45) is 7.01. The average molecular weight is 948 g/mol. The van der Waals surface area contributed by atoms with Crippen molar-refractivity contribution in [3.8, 4) is 22.8 Å². The van der Waals surface area contributed by atoms with Crippen LogP contribution < -0.4 is 46.5 Å². The van der Waals surface area contributed by atoms with Crippen molar-refractivity contribution in [2.45, 2.75) is 24.9 Å². The Balaban J connectivity index is -0.000000489. The van der Waals surface area contributed by atoms with Gasteiger partial charge in [0.15, 0.2) is 0 Å². The van der Waals surface area contributed by atoms with E-state index in [1.54, 1.807) is 24.8 Å². The van der Waals surface area contributed by atoms with Gasteiger partial charge in [-0.3, -0.25) is 19.9 Å². The minimum atomic E-state index is -1.42. The van der Waals surface area contributed by atoms with Crippen LogP contribution in [0.1, 0.15) is 12.8 Å². The molecule has 0 saturated carbocycles. The number of halogens is 2. The molecule has 0 bridgehead atoms. The molecular formula is C26H26Cl2N6O4Pt2. The van der Waals surface area contributed by atoms with Crippen molar-refractivity contribution in [2.75, 3.05) is 0 Å². The third-order valence-corrected chi connectivity index (χ3v) is 4.58. The fourth-order valence-corrected chi connectivity index (χ4v) is 2.65. The van der Waals surface area contributed by atoms with Crippen LogP contribution in [0.3, 0.4) is 0 Å². The van der Waals surface area contributed by atoms with E-state index in [9.17, 15) is 19.8 Å². The molecule has 0 saturated heterocycles. The Bertz CT molecular complexity index is 1020. The Labute approximate surface area is 273 Å². The zero-order valence-corrected chi connectivity index (χ0v) is 26.8. The molecule has 4 N–H and O–H groups in total. The SMILES string of the molecule is NC(CCC(N)C(=O)[O-])C(=O)[O-].[Cl-].[Cl-].[Pt+2].[Pt+2].c1ccc(-c2ccccn2)nc1.c1ccc(-c2ccccn2)nc1. The van der Waals surface area contributed by atoms with Gasteiger partial charge < -0.3 is 56.1 Å². The average Bonchev–Trinajstić information content (AvgIpc) is 2.94. The maximum absolute atomic E-state index is 10.0. The largest absolute Gasteiger partial charge is 2.00 e. The number of pyridine rings is 4. The van der Waals surface area contributed by atoms with E-state index in [4.69, 9.17) is 11.5 Å². The number of rotatable bonds is 7. The van der Waals surface area contributed by atoms with Crippen LogP contribution in [0.25, 0.3) is 22.8 Å². The summed E-state index contributed by atoms with van der Waals surface area (Å²) in [5.74, 6) is -2.83. The van der Waals surface area contributed by atoms with Gasteiger partial charge in [0.1, 0.15) is 0 Å². The Morgan fingerprint density at radius 2 is 0.775 bits per heavy atom. The van der Waals surface area contributed by atoms with Crippen LogP contribution in [0.2, 0.25) is 0 Å².